The van der Waals surface area contributed by atoms with Gasteiger partial charge in [-0.2, -0.15) is 0 Å². The Morgan fingerprint density at radius 1 is 1.14 bits per heavy atom. The van der Waals surface area contributed by atoms with E-state index in [2.05, 4.69) is 14.9 Å². The van der Waals surface area contributed by atoms with E-state index in [4.69, 9.17) is 0 Å². The van der Waals surface area contributed by atoms with Gasteiger partial charge in [-0.3, -0.25) is 9.69 Å². The molecule has 1 amide bonds. The van der Waals surface area contributed by atoms with Gasteiger partial charge in [0.25, 0.3) is 0 Å². The topological polar surface area (TPSA) is 78.5 Å². The second-order valence-electron chi connectivity index (χ2n) is 7.70. The minimum atomic E-state index is -3.52. The fourth-order valence-electron chi connectivity index (χ4n) is 3.58. The summed E-state index contributed by atoms with van der Waals surface area (Å²) >= 11 is 0. The second-order valence-corrected chi connectivity index (χ2v) is 9.47. The molecule has 1 fully saturated rings. The number of benzene rings is 2. The largest absolute Gasteiger partial charge is 0.325 e. The molecule has 2 N–H and O–H groups in total. The number of hydrogen-bond donors (Lipinski definition) is 2. The maximum atomic E-state index is 12.6. The zero-order valence-electron chi connectivity index (χ0n) is 17.0. The fourth-order valence-corrected chi connectivity index (χ4v) is 4.69. The first kappa shape index (κ1) is 21.5. The van der Waals surface area contributed by atoms with Crippen molar-refractivity contribution in [3.05, 3.63) is 60.2 Å². The molecular weight excluding hydrogens is 386 g/mol. The van der Waals surface area contributed by atoms with Crippen LogP contribution in [0.15, 0.2) is 59.5 Å². The lowest BCUT2D eigenvalue weighted by atomic mass is 9.97. The standard InChI is InChI=1S/C22H29N3O3S/c1-17-10-12-21(13-11-17)29(27,28)23-15-19-7-6-14-25(16-19)18(2)22(26)24-20-8-4-3-5-9-20/h3-5,8-13,18-19,23H,6-7,14-16H2,1-2H3,(H,24,26). The number of likely N-dealkylation sites (tertiary alicyclic amines) is 1. The summed E-state index contributed by atoms with van der Waals surface area (Å²) in [6.07, 6.45) is 1.89. The van der Waals surface area contributed by atoms with E-state index in [1.807, 2.05) is 44.2 Å². The van der Waals surface area contributed by atoms with Gasteiger partial charge in [-0.1, -0.05) is 35.9 Å². The molecule has 1 saturated heterocycles. The van der Waals surface area contributed by atoms with E-state index >= 15 is 0 Å². The van der Waals surface area contributed by atoms with Crippen molar-refractivity contribution in [1.29, 1.82) is 0 Å². The Morgan fingerprint density at radius 2 is 1.83 bits per heavy atom. The summed E-state index contributed by atoms with van der Waals surface area (Å²) in [6, 6.07) is 16.0. The van der Waals surface area contributed by atoms with Crippen LogP contribution in [-0.4, -0.2) is 44.9 Å². The molecule has 0 saturated carbocycles. The molecule has 2 aromatic rings. The number of piperidine rings is 1. The van der Waals surface area contributed by atoms with Gasteiger partial charge in [-0.25, -0.2) is 13.1 Å². The van der Waals surface area contributed by atoms with Crippen LogP contribution in [0.3, 0.4) is 0 Å². The number of rotatable bonds is 7. The maximum Gasteiger partial charge on any atom is 0.241 e. The van der Waals surface area contributed by atoms with Crippen LogP contribution in [0.2, 0.25) is 0 Å². The van der Waals surface area contributed by atoms with E-state index in [-0.39, 0.29) is 22.8 Å². The number of carbonyl (C=O) groups excluding carboxylic acids is 1. The van der Waals surface area contributed by atoms with Gasteiger partial charge in [0, 0.05) is 18.8 Å². The molecule has 2 aromatic carbocycles. The Kier molecular flexibility index (Phi) is 7.05. The molecule has 7 heteroatoms. The van der Waals surface area contributed by atoms with Crippen molar-refractivity contribution in [2.24, 2.45) is 5.92 Å². The fraction of sp³-hybridized carbons (Fsp3) is 0.409. The lowest BCUT2D eigenvalue weighted by molar-refractivity contribution is -0.121. The van der Waals surface area contributed by atoms with E-state index in [9.17, 15) is 13.2 Å². The molecule has 0 bridgehead atoms. The summed E-state index contributed by atoms with van der Waals surface area (Å²) in [6.45, 7) is 5.73. The number of anilines is 1. The Labute approximate surface area is 173 Å². The SMILES string of the molecule is Cc1ccc(S(=O)(=O)NCC2CCCN(C(C)C(=O)Nc3ccccc3)C2)cc1. The Hall–Kier alpha value is -2.22. The van der Waals surface area contributed by atoms with Crippen LogP contribution < -0.4 is 10.0 Å². The van der Waals surface area contributed by atoms with Gasteiger partial charge in [0.05, 0.1) is 10.9 Å². The van der Waals surface area contributed by atoms with Crippen molar-refractivity contribution < 1.29 is 13.2 Å². The number of nitrogens with one attached hydrogen (secondary N) is 2. The summed E-state index contributed by atoms with van der Waals surface area (Å²) in [5, 5.41) is 2.94. The third-order valence-electron chi connectivity index (χ3n) is 5.41. The van der Waals surface area contributed by atoms with Crippen LogP contribution in [0.4, 0.5) is 5.69 Å². The molecule has 0 radical (unpaired) electrons. The first-order valence-electron chi connectivity index (χ1n) is 10.0. The minimum Gasteiger partial charge on any atom is -0.325 e. The third kappa shape index (κ3) is 5.88. The summed E-state index contributed by atoms with van der Waals surface area (Å²) in [5.74, 6) is 0.132. The van der Waals surface area contributed by atoms with Crippen molar-refractivity contribution >= 4 is 21.6 Å². The minimum absolute atomic E-state index is 0.0444. The van der Waals surface area contributed by atoms with Crippen molar-refractivity contribution in [3.63, 3.8) is 0 Å². The molecule has 156 valence electrons. The predicted octanol–water partition coefficient (Wildman–Crippen LogP) is 3.01. The Balaban J connectivity index is 1.54. The number of hydrogen-bond acceptors (Lipinski definition) is 4. The predicted molar refractivity (Wildman–Crippen MR) is 115 cm³/mol. The number of para-hydroxylation sites is 1. The van der Waals surface area contributed by atoms with Gasteiger partial charge in [0.1, 0.15) is 0 Å². The molecule has 29 heavy (non-hydrogen) atoms. The van der Waals surface area contributed by atoms with Crippen LogP contribution in [-0.2, 0) is 14.8 Å². The van der Waals surface area contributed by atoms with Gasteiger partial charge in [0.2, 0.25) is 15.9 Å². The zero-order valence-corrected chi connectivity index (χ0v) is 17.8. The van der Waals surface area contributed by atoms with E-state index in [1.165, 1.54) is 0 Å². The van der Waals surface area contributed by atoms with E-state index < -0.39 is 10.0 Å². The average Bonchev–Trinajstić information content (AvgIpc) is 2.73. The van der Waals surface area contributed by atoms with Crippen LogP contribution in [0.25, 0.3) is 0 Å². The summed E-state index contributed by atoms with van der Waals surface area (Å²) in [4.78, 5) is 15.0. The molecule has 2 unspecified atom stereocenters. The number of nitrogens with zero attached hydrogens (tertiary/aromatic N) is 1. The molecule has 0 spiro atoms. The molecular formula is C22H29N3O3S. The molecule has 1 aliphatic heterocycles. The first-order valence-corrected chi connectivity index (χ1v) is 11.5. The summed E-state index contributed by atoms with van der Waals surface area (Å²) in [7, 11) is -3.52. The first-order chi connectivity index (χ1) is 13.8. The van der Waals surface area contributed by atoms with Gasteiger partial charge >= 0.3 is 0 Å². The molecule has 1 heterocycles. The van der Waals surface area contributed by atoms with Gasteiger partial charge in [-0.05, 0) is 63.4 Å². The zero-order chi connectivity index (χ0) is 20.9. The van der Waals surface area contributed by atoms with E-state index in [0.29, 0.717) is 13.1 Å². The third-order valence-corrected chi connectivity index (χ3v) is 6.85. The molecule has 0 aromatic heterocycles. The smallest absolute Gasteiger partial charge is 0.241 e. The average molecular weight is 416 g/mol. The van der Waals surface area contributed by atoms with Crippen LogP contribution >= 0.6 is 0 Å². The van der Waals surface area contributed by atoms with Crippen LogP contribution in [0, 0.1) is 12.8 Å². The summed E-state index contributed by atoms with van der Waals surface area (Å²) in [5.41, 5.74) is 1.80. The van der Waals surface area contributed by atoms with Crippen LogP contribution in [0.1, 0.15) is 25.3 Å². The highest BCUT2D eigenvalue weighted by Gasteiger charge is 2.28. The van der Waals surface area contributed by atoms with Gasteiger partial charge < -0.3 is 5.32 Å². The summed E-state index contributed by atoms with van der Waals surface area (Å²) < 4.78 is 27.8. The normalized spacial score (nSPS) is 18.9. The van der Waals surface area contributed by atoms with Crippen molar-refractivity contribution in [1.82, 2.24) is 9.62 Å². The quantitative estimate of drug-likeness (QED) is 0.729. The highest BCUT2D eigenvalue weighted by atomic mass is 32.2. The Morgan fingerprint density at radius 3 is 2.52 bits per heavy atom. The van der Waals surface area contributed by atoms with Gasteiger partial charge in [0.15, 0.2) is 0 Å². The molecule has 3 rings (SSSR count). The molecule has 2 atom stereocenters. The molecule has 1 aliphatic rings. The van der Waals surface area contributed by atoms with E-state index in [1.54, 1.807) is 24.3 Å². The number of aryl methyl sites for hydroxylation is 1. The lowest BCUT2D eigenvalue weighted by Crippen LogP contribution is -2.48. The highest BCUT2D eigenvalue weighted by molar-refractivity contribution is 7.89. The van der Waals surface area contributed by atoms with Crippen molar-refractivity contribution in [3.8, 4) is 0 Å². The van der Waals surface area contributed by atoms with Crippen LogP contribution in [0.5, 0.6) is 0 Å². The molecule has 6 nitrogen and oxygen atoms in total. The van der Waals surface area contributed by atoms with E-state index in [0.717, 1.165) is 30.6 Å². The second kappa shape index (κ2) is 9.52. The highest BCUT2D eigenvalue weighted by Crippen LogP contribution is 2.20. The van der Waals surface area contributed by atoms with Crippen molar-refractivity contribution in [2.45, 2.75) is 37.6 Å². The monoisotopic (exact) mass is 415 g/mol. The number of sulfonamides is 1. The lowest BCUT2D eigenvalue weighted by Gasteiger charge is -2.36. The van der Waals surface area contributed by atoms with Gasteiger partial charge in [-0.15, -0.1) is 0 Å². The maximum absolute atomic E-state index is 12.6. The Bertz CT molecular complexity index is 914. The molecule has 0 aliphatic carbocycles. The number of carbonyl (C=O) groups is 1. The van der Waals surface area contributed by atoms with Crippen molar-refractivity contribution in [2.75, 3.05) is 25.0 Å². The number of amides is 1.